The summed E-state index contributed by atoms with van der Waals surface area (Å²) in [6.07, 6.45) is 9.47. The molecule has 0 aliphatic carbocycles. The summed E-state index contributed by atoms with van der Waals surface area (Å²) in [5.74, 6) is 0. The Kier molecular flexibility index (Phi) is 7.14. The summed E-state index contributed by atoms with van der Waals surface area (Å²) in [7, 11) is -2.03. The van der Waals surface area contributed by atoms with Crippen molar-refractivity contribution in [2.24, 2.45) is 7.05 Å². The molecule has 206 valence electrons. The highest BCUT2D eigenvalue weighted by molar-refractivity contribution is 7.89. The number of hydrogen-bond acceptors (Lipinski definition) is 6. The van der Waals surface area contributed by atoms with Crippen LogP contribution in [0.25, 0.3) is 5.69 Å². The second-order valence-corrected chi connectivity index (χ2v) is 12.0. The summed E-state index contributed by atoms with van der Waals surface area (Å²) in [5.41, 5.74) is 5.29. The Balaban J connectivity index is 1.42. The van der Waals surface area contributed by atoms with Crippen LogP contribution >= 0.6 is 0 Å². The first-order valence-electron chi connectivity index (χ1n) is 13.3. The van der Waals surface area contributed by atoms with Gasteiger partial charge in [0, 0.05) is 62.3 Å². The van der Waals surface area contributed by atoms with Crippen molar-refractivity contribution >= 4 is 15.7 Å². The Bertz CT molecular complexity index is 1810. The van der Waals surface area contributed by atoms with Crippen LogP contribution in [-0.4, -0.2) is 44.4 Å². The Hall–Kier alpha value is -4.72. The third-order valence-corrected chi connectivity index (χ3v) is 9.29. The Morgan fingerprint density at radius 1 is 1.05 bits per heavy atom. The second-order valence-electron chi connectivity index (χ2n) is 10.2. The van der Waals surface area contributed by atoms with Crippen LogP contribution in [0.15, 0.2) is 109 Å². The maximum absolute atomic E-state index is 14.2. The van der Waals surface area contributed by atoms with Gasteiger partial charge in [0.2, 0.25) is 0 Å². The lowest BCUT2D eigenvalue weighted by atomic mass is 9.95. The van der Waals surface area contributed by atoms with Gasteiger partial charge in [0.25, 0.3) is 10.0 Å². The van der Waals surface area contributed by atoms with Gasteiger partial charge in [-0.15, -0.1) is 0 Å². The van der Waals surface area contributed by atoms with Crippen LogP contribution in [0.3, 0.4) is 0 Å². The van der Waals surface area contributed by atoms with E-state index in [1.807, 2.05) is 89.4 Å². The number of nitrogens with zero attached hydrogens (tertiary/aromatic N) is 7. The molecule has 9 nitrogen and oxygen atoms in total. The molecule has 0 spiro atoms. The number of fused-ring (bicyclic) bond motifs is 1. The molecule has 1 aliphatic rings. The minimum absolute atomic E-state index is 0.0105. The van der Waals surface area contributed by atoms with Gasteiger partial charge >= 0.3 is 0 Å². The maximum atomic E-state index is 14.2. The summed E-state index contributed by atoms with van der Waals surface area (Å²) >= 11 is 0. The van der Waals surface area contributed by atoms with Crippen molar-refractivity contribution in [1.29, 1.82) is 5.26 Å². The number of sulfonamides is 1. The molecule has 0 N–H and O–H groups in total. The first-order valence-corrected chi connectivity index (χ1v) is 14.7. The Morgan fingerprint density at radius 3 is 2.63 bits per heavy atom. The van der Waals surface area contributed by atoms with Gasteiger partial charge in [-0.2, -0.15) is 9.57 Å². The lowest BCUT2D eigenvalue weighted by Crippen LogP contribution is -2.50. The molecule has 10 heteroatoms. The Morgan fingerprint density at radius 2 is 1.90 bits per heavy atom. The lowest BCUT2D eigenvalue weighted by Gasteiger charge is -2.40. The van der Waals surface area contributed by atoms with Crippen LogP contribution in [0, 0.1) is 11.3 Å². The fourth-order valence-corrected chi connectivity index (χ4v) is 6.94. The molecule has 0 radical (unpaired) electrons. The smallest absolute Gasteiger partial charge is 0.261 e. The van der Waals surface area contributed by atoms with Crippen LogP contribution in [0.1, 0.15) is 22.4 Å². The van der Waals surface area contributed by atoms with Crippen molar-refractivity contribution < 1.29 is 8.42 Å². The van der Waals surface area contributed by atoms with Gasteiger partial charge in [0.1, 0.15) is 0 Å². The second kappa shape index (κ2) is 11.0. The van der Waals surface area contributed by atoms with Gasteiger partial charge in [0.15, 0.2) is 5.03 Å². The molecule has 1 unspecified atom stereocenters. The van der Waals surface area contributed by atoms with Gasteiger partial charge in [-0.1, -0.05) is 18.2 Å². The fraction of sp³-hybridized carbons (Fsp3) is 0.194. The molecule has 1 atom stereocenters. The number of benzene rings is 2. The molecule has 3 aromatic heterocycles. The van der Waals surface area contributed by atoms with E-state index in [9.17, 15) is 13.7 Å². The van der Waals surface area contributed by atoms with E-state index in [0.29, 0.717) is 25.1 Å². The van der Waals surface area contributed by atoms with Crippen LogP contribution in [0.5, 0.6) is 0 Å². The number of pyridine rings is 1. The molecule has 0 saturated heterocycles. The van der Waals surface area contributed by atoms with E-state index >= 15 is 0 Å². The standard InChI is InChI=1S/C31H29N7O2S/c1-35-23-33-19-29(35)22-37-21-28(17-26-15-24(18-32)10-11-30(26)37)38(41(39,40)31-9-2-3-12-34-31)20-25-7-6-8-27(16-25)36-13-4-5-14-36/h2-16,19,23,28H,17,20-22H2,1H3. The van der Waals surface area contributed by atoms with Gasteiger partial charge < -0.3 is 14.0 Å². The summed E-state index contributed by atoms with van der Waals surface area (Å²) in [6, 6.07) is 24.2. The molecular formula is C31H29N7O2S. The first kappa shape index (κ1) is 26.5. The predicted molar refractivity (Wildman–Crippen MR) is 156 cm³/mol. The quantitative estimate of drug-likeness (QED) is 0.279. The molecule has 6 rings (SSSR count). The Labute approximate surface area is 239 Å². The monoisotopic (exact) mass is 563 g/mol. The number of anilines is 1. The van der Waals surface area contributed by atoms with Gasteiger partial charge in [0.05, 0.1) is 30.2 Å². The van der Waals surface area contributed by atoms with Crippen molar-refractivity contribution in [2.45, 2.75) is 30.6 Å². The highest BCUT2D eigenvalue weighted by Crippen LogP contribution is 2.34. The largest absolute Gasteiger partial charge is 0.364 e. The molecular weight excluding hydrogens is 534 g/mol. The average Bonchev–Trinajstić information content (AvgIpc) is 3.68. The van der Waals surface area contributed by atoms with E-state index in [2.05, 4.69) is 20.9 Å². The zero-order chi connectivity index (χ0) is 28.4. The van der Waals surface area contributed by atoms with E-state index < -0.39 is 16.1 Å². The van der Waals surface area contributed by atoms with Crippen LogP contribution in [0.2, 0.25) is 0 Å². The molecule has 2 aromatic carbocycles. The van der Waals surface area contributed by atoms with Gasteiger partial charge in [-0.25, -0.2) is 18.4 Å². The van der Waals surface area contributed by atoms with Crippen LogP contribution < -0.4 is 4.90 Å². The van der Waals surface area contributed by atoms with Crippen molar-refractivity contribution in [3.05, 3.63) is 126 Å². The summed E-state index contributed by atoms with van der Waals surface area (Å²) in [5, 5.41) is 9.62. The van der Waals surface area contributed by atoms with Crippen LogP contribution in [-0.2, 0) is 36.6 Å². The van der Waals surface area contributed by atoms with E-state index in [4.69, 9.17) is 0 Å². The first-order chi connectivity index (χ1) is 19.9. The van der Waals surface area contributed by atoms with Crippen molar-refractivity contribution in [3.63, 3.8) is 0 Å². The van der Waals surface area contributed by atoms with Crippen molar-refractivity contribution in [3.8, 4) is 11.8 Å². The van der Waals surface area contributed by atoms with Crippen molar-refractivity contribution in [2.75, 3.05) is 11.4 Å². The van der Waals surface area contributed by atoms with E-state index in [1.54, 1.807) is 22.8 Å². The fourth-order valence-electron chi connectivity index (χ4n) is 5.41. The van der Waals surface area contributed by atoms with E-state index in [-0.39, 0.29) is 11.6 Å². The van der Waals surface area contributed by atoms with Gasteiger partial charge in [-0.05, 0) is 72.1 Å². The predicted octanol–water partition coefficient (Wildman–Crippen LogP) is 4.30. The number of nitriles is 1. The summed E-state index contributed by atoms with van der Waals surface area (Å²) in [6.45, 7) is 1.19. The third kappa shape index (κ3) is 5.37. The molecule has 1 aliphatic heterocycles. The molecule has 0 amide bonds. The molecule has 0 fully saturated rings. The SMILES string of the molecule is Cn1cncc1CN1CC(N(Cc2cccc(-n3cccc3)c2)S(=O)(=O)c2ccccn2)Cc2cc(C#N)ccc21. The number of aromatic nitrogens is 4. The number of rotatable bonds is 8. The minimum Gasteiger partial charge on any atom is -0.364 e. The van der Waals surface area contributed by atoms with Gasteiger partial charge in [-0.3, -0.25) is 0 Å². The van der Waals surface area contributed by atoms with E-state index in [1.165, 1.54) is 12.3 Å². The number of aryl methyl sites for hydroxylation is 1. The maximum Gasteiger partial charge on any atom is 0.261 e. The minimum atomic E-state index is -3.97. The molecule has 0 bridgehead atoms. The highest BCUT2D eigenvalue weighted by atomic mass is 32.2. The molecule has 41 heavy (non-hydrogen) atoms. The normalized spacial score (nSPS) is 15.0. The molecule has 5 aromatic rings. The zero-order valence-electron chi connectivity index (χ0n) is 22.6. The number of imidazole rings is 1. The third-order valence-electron chi connectivity index (χ3n) is 7.47. The topological polar surface area (TPSA) is 100 Å². The average molecular weight is 564 g/mol. The van der Waals surface area contributed by atoms with Crippen molar-refractivity contribution in [1.82, 2.24) is 23.4 Å². The summed E-state index contributed by atoms with van der Waals surface area (Å²) in [4.78, 5) is 10.7. The molecule has 0 saturated carbocycles. The molecule has 4 heterocycles. The highest BCUT2D eigenvalue weighted by Gasteiger charge is 2.37. The zero-order valence-corrected chi connectivity index (χ0v) is 23.4. The number of hydrogen-bond donors (Lipinski definition) is 0. The van der Waals surface area contributed by atoms with E-state index in [0.717, 1.165) is 28.2 Å². The summed E-state index contributed by atoms with van der Waals surface area (Å²) < 4.78 is 34.0. The van der Waals surface area contributed by atoms with Crippen LogP contribution in [0.4, 0.5) is 5.69 Å². The lowest BCUT2D eigenvalue weighted by molar-refractivity contribution is 0.301.